The molecule has 34 heavy (non-hydrogen) atoms. The number of nitrogens with two attached hydrogens (primary N) is 1. The third-order valence-electron chi connectivity index (χ3n) is 4.22. The molecule has 0 aliphatic rings. The van der Waals surface area contributed by atoms with Crippen molar-refractivity contribution in [2.24, 2.45) is 15.1 Å². The minimum atomic E-state index is -2.87. The zero-order chi connectivity index (χ0) is 25.3. The fourth-order valence-electron chi connectivity index (χ4n) is 2.90. The highest BCUT2D eigenvalue weighted by Crippen LogP contribution is 2.25. The lowest BCUT2D eigenvalue weighted by molar-refractivity contribution is 0.164. The Bertz CT molecular complexity index is 1250. The van der Waals surface area contributed by atoms with Crippen LogP contribution in [0.5, 0.6) is 5.75 Å². The fourth-order valence-corrected chi connectivity index (χ4v) is 4.13. The van der Waals surface area contributed by atoms with Crippen molar-refractivity contribution in [2.75, 3.05) is 25.3 Å². The molecule has 1 amide bonds. The van der Waals surface area contributed by atoms with E-state index in [1.54, 1.807) is 31.2 Å². The monoisotopic (exact) mass is 492 g/mol. The Morgan fingerprint density at radius 1 is 1.29 bits per heavy atom. The van der Waals surface area contributed by atoms with Crippen LogP contribution in [0.4, 0.5) is 19.3 Å². The van der Waals surface area contributed by atoms with Gasteiger partial charge >= 0.3 is 6.09 Å². The third kappa shape index (κ3) is 7.69. The van der Waals surface area contributed by atoms with Crippen molar-refractivity contribution in [1.82, 2.24) is 0 Å². The lowest BCUT2D eigenvalue weighted by Gasteiger charge is -2.13. The summed E-state index contributed by atoms with van der Waals surface area (Å²) in [5, 5.41) is 2.91. The molecule has 0 spiro atoms. The number of hydrogen-bond acceptors (Lipinski definition) is 7. The minimum Gasteiger partial charge on any atom is -0.496 e. The number of allylic oxidation sites excluding steroid dienone is 1. The van der Waals surface area contributed by atoms with Gasteiger partial charge < -0.3 is 20.5 Å². The van der Waals surface area contributed by atoms with Gasteiger partial charge in [-0.15, -0.1) is 4.36 Å². The van der Waals surface area contributed by atoms with Gasteiger partial charge in [-0.2, -0.15) is 0 Å². The van der Waals surface area contributed by atoms with Gasteiger partial charge in [-0.1, -0.05) is 18.7 Å². The highest BCUT2D eigenvalue weighted by Gasteiger charge is 2.16. The molecule has 2 aromatic carbocycles. The number of methoxy groups -OCH3 is 1. The van der Waals surface area contributed by atoms with Crippen molar-refractivity contribution in [3.05, 3.63) is 83.8 Å². The lowest BCUT2D eigenvalue weighted by atomic mass is 10.1. The third-order valence-corrected chi connectivity index (χ3v) is 5.63. The highest BCUT2D eigenvalue weighted by atomic mass is 32.2. The average molecular weight is 493 g/mol. The van der Waals surface area contributed by atoms with Crippen LogP contribution in [-0.2, 0) is 20.2 Å². The van der Waals surface area contributed by atoms with Gasteiger partial charge in [0.15, 0.2) is 5.83 Å². The zero-order valence-electron chi connectivity index (χ0n) is 19.0. The molecule has 0 fully saturated rings. The second-order valence-corrected chi connectivity index (χ2v) is 9.38. The van der Waals surface area contributed by atoms with Crippen LogP contribution in [0.3, 0.4) is 0 Å². The van der Waals surface area contributed by atoms with E-state index in [0.717, 1.165) is 18.3 Å². The smallest absolute Gasteiger partial charge is 0.441 e. The Hall–Kier alpha value is -3.73. The summed E-state index contributed by atoms with van der Waals surface area (Å²) in [6.45, 7) is 5.54. The van der Waals surface area contributed by atoms with Crippen LogP contribution in [0, 0.1) is 5.82 Å². The van der Waals surface area contributed by atoms with Crippen LogP contribution in [0.2, 0.25) is 0 Å². The zero-order valence-corrected chi connectivity index (χ0v) is 19.8. The summed E-state index contributed by atoms with van der Waals surface area (Å²) in [5.41, 5.74) is 6.44. The van der Waals surface area contributed by atoms with E-state index in [4.69, 9.17) is 15.2 Å². The SMILES string of the molecule is C=C(N=C(/C(F)=C\N)c1ccc(F)cc1OC)Nc1cccc(CS(C)(=O)=NC(=O)OCC)c1. The Labute approximate surface area is 197 Å². The van der Waals surface area contributed by atoms with E-state index in [0.29, 0.717) is 11.3 Å². The van der Waals surface area contributed by atoms with Crippen molar-refractivity contribution >= 4 is 27.2 Å². The number of nitrogens with one attached hydrogen (secondary N) is 1. The molecule has 8 nitrogen and oxygen atoms in total. The molecule has 1 unspecified atom stereocenters. The van der Waals surface area contributed by atoms with Crippen LogP contribution in [0.1, 0.15) is 18.1 Å². The lowest BCUT2D eigenvalue weighted by Crippen LogP contribution is -2.09. The molecule has 182 valence electrons. The van der Waals surface area contributed by atoms with Gasteiger partial charge in [-0.05, 0) is 36.8 Å². The van der Waals surface area contributed by atoms with Gasteiger partial charge in [0, 0.05) is 29.8 Å². The van der Waals surface area contributed by atoms with E-state index in [1.165, 1.54) is 19.4 Å². The molecule has 0 aromatic heterocycles. The number of carbonyl (C=O) groups is 1. The standard InChI is InChI=1S/C23H26F2N4O4S/c1-5-33-23(30)29-34(4,31)14-16-7-6-8-18(11-16)27-15(2)28-22(20(25)13-26)19-10-9-17(24)12-21(19)32-3/h6-13,27H,2,5,14,26H2,1,3-4H3/b20-13+,28-22?. The van der Waals surface area contributed by atoms with Crippen LogP contribution in [0.25, 0.3) is 0 Å². The Balaban J connectivity index is 2.31. The summed E-state index contributed by atoms with van der Waals surface area (Å²) in [7, 11) is -1.56. The Kier molecular flexibility index (Phi) is 9.31. The van der Waals surface area contributed by atoms with Crippen molar-refractivity contribution in [1.29, 1.82) is 0 Å². The molecule has 1 atom stereocenters. The van der Waals surface area contributed by atoms with E-state index < -0.39 is 27.5 Å². The van der Waals surface area contributed by atoms with Gasteiger partial charge in [-0.3, -0.25) is 0 Å². The molecular weight excluding hydrogens is 466 g/mol. The summed E-state index contributed by atoms with van der Waals surface area (Å²) < 4.78 is 54.2. The quantitative estimate of drug-likeness (QED) is 0.489. The maximum absolute atomic E-state index is 14.5. The van der Waals surface area contributed by atoms with Gasteiger partial charge in [0.25, 0.3) is 0 Å². The Morgan fingerprint density at radius 3 is 2.68 bits per heavy atom. The van der Waals surface area contributed by atoms with Crippen LogP contribution < -0.4 is 15.8 Å². The maximum Gasteiger partial charge on any atom is 0.441 e. The van der Waals surface area contributed by atoms with Gasteiger partial charge in [0.2, 0.25) is 0 Å². The van der Waals surface area contributed by atoms with Crippen LogP contribution in [0.15, 0.2) is 76.2 Å². The van der Waals surface area contributed by atoms with E-state index in [1.807, 2.05) is 0 Å². The van der Waals surface area contributed by atoms with E-state index in [2.05, 4.69) is 21.3 Å². The second kappa shape index (κ2) is 11.9. The molecule has 11 heteroatoms. The molecule has 0 saturated carbocycles. The van der Waals surface area contributed by atoms with Crippen molar-refractivity contribution in [2.45, 2.75) is 12.7 Å². The number of hydrogen-bond donors (Lipinski definition) is 2. The summed E-state index contributed by atoms with van der Waals surface area (Å²) in [5.74, 6) is -1.32. The fraction of sp³-hybridized carbons (Fsp3) is 0.217. The number of rotatable bonds is 9. The molecule has 2 aromatic rings. The average Bonchev–Trinajstić information content (AvgIpc) is 2.76. The predicted octanol–water partition coefficient (Wildman–Crippen LogP) is 4.73. The van der Waals surface area contributed by atoms with Gasteiger partial charge in [0.1, 0.15) is 23.1 Å². The number of carbonyl (C=O) groups excluding carboxylic acids is 1. The summed E-state index contributed by atoms with van der Waals surface area (Å²) in [6.07, 6.45) is 1.20. The molecule has 0 radical (unpaired) electrons. The number of amides is 1. The van der Waals surface area contributed by atoms with Gasteiger partial charge in [0.05, 0.1) is 29.2 Å². The Morgan fingerprint density at radius 2 is 2.03 bits per heavy atom. The number of anilines is 1. The van der Waals surface area contributed by atoms with Crippen LogP contribution >= 0.6 is 0 Å². The van der Waals surface area contributed by atoms with E-state index in [9.17, 15) is 17.8 Å². The molecule has 3 N–H and O–H groups in total. The first-order valence-electron chi connectivity index (χ1n) is 10.00. The van der Waals surface area contributed by atoms with Gasteiger partial charge in [-0.25, -0.2) is 22.8 Å². The first kappa shape index (κ1) is 26.5. The van der Waals surface area contributed by atoms with Crippen molar-refractivity contribution < 1.29 is 27.3 Å². The second-order valence-electron chi connectivity index (χ2n) is 6.99. The molecular formula is C23H26F2N4O4S. The predicted molar refractivity (Wildman–Crippen MR) is 129 cm³/mol. The van der Waals surface area contributed by atoms with Crippen LogP contribution in [-0.4, -0.2) is 36.0 Å². The minimum absolute atomic E-state index is 0.000351. The molecule has 0 bridgehead atoms. The maximum atomic E-state index is 14.5. The molecule has 0 saturated heterocycles. The van der Waals surface area contributed by atoms with Crippen molar-refractivity contribution in [3.8, 4) is 5.75 Å². The first-order chi connectivity index (χ1) is 16.1. The number of halogens is 2. The summed E-state index contributed by atoms with van der Waals surface area (Å²) in [4.78, 5) is 15.7. The molecule has 0 aliphatic carbocycles. The van der Waals surface area contributed by atoms with E-state index in [-0.39, 0.29) is 35.2 Å². The molecule has 0 heterocycles. The topological polar surface area (TPSA) is 115 Å². The molecule has 2 rings (SSSR count). The number of benzene rings is 2. The van der Waals surface area contributed by atoms with E-state index >= 15 is 0 Å². The number of aliphatic imine (C=N–C) groups is 1. The normalized spacial score (nSPS) is 13.6. The van der Waals surface area contributed by atoms with Crippen molar-refractivity contribution in [3.63, 3.8) is 0 Å². The first-order valence-corrected chi connectivity index (χ1v) is 12.1. The summed E-state index contributed by atoms with van der Waals surface area (Å²) >= 11 is 0. The number of ether oxygens (including phenoxy) is 2. The number of nitrogens with zero attached hydrogens (tertiary/aromatic N) is 2. The highest BCUT2D eigenvalue weighted by molar-refractivity contribution is 7.92. The molecule has 0 aliphatic heterocycles. The summed E-state index contributed by atoms with van der Waals surface area (Å²) in [6, 6.07) is 10.3. The largest absolute Gasteiger partial charge is 0.496 e.